The van der Waals surface area contributed by atoms with Crippen LogP contribution in [0.4, 0.5) is 5.13 Å². The lowest BCUT2D eigenvalue weighted by molar-refractivity contribution is 0.0991. The molecule has 3 aromatic rings. The van der Waals surface area contributed by atoms with Crippen LogP contribution in [0.1, 0.15) is 17.3 Å². The zero-order valence-electron chi connectivity index (χ0n) is 12.6. The molecule has 0 saturated carbocycles. The predicted octanol–water partition coefficient (Wildman–Crippen LogP) is 3.41. The first-order chi connectivity index (χ1) is 11.0. The Morgan fingerprint density at radius 1 is 1.43 bits per heavy atom. The fraction of sp³-hybridized carbons (Fsp3) is 0.188. The van der Waals surface area contributed by atoms with Gasteiger partial charge in [0.15, 0.2) is 5.13 Å². The van der Waals surface area contributed by atoms with Crippen molar-refractivity contribution in [2.24, 2.45) is 0 Å². The van der Waals surface area contributed by atoms with E-state index in [0.717, 1.165) is 5.52 Å². The number of anilines is 1. The minimum atomic E-state index is -0.381. The highest BCUT2D eigenvalue weighted by atomic mass is 35.5. The third-order valence-electron chi connectivity index (χ3n) is 3.62. The monoisotopic (exact) mass is 347 g/mol. The summed E-state index contributed by atoms with van der Waals surface area (Å²) in [6, 6.07) is 5.13. The number of hydrogen-bond acceptors (Lipinski definition) is 4. The average molecular weight is 348 g/mol. The number of rotatable bonds is 3. The summed E-state index contributed by atoms with van der Waals surface area (Å²) >= 11 is 7.35. The van der Waals surface area contributed by atoms with Gasteiger partial charge in [-0.25, -0.2) is 4.98 Å². The molecule has 0 spiro atoms. The Morgan fingerprint density at radius 2 is 2.22 bits per heavy atom. The lowest BCUT2D eigenvalue weighted by atomic mass is 10.1. The Morgan fingerprint density at radius 3 is 2.87 bits per heavy atom. The van der Waals surface area contributed by atoms with Crippen molar-refractivity contribution >= 4 is 44.9 Å². The zero-order valence-corrected chi connectivity index (χ0v) is 14.2. The number of pyridine rings is 1. The maximum atomic E-state index is 12.7. The summed E-state index contributed by atoms with van der Waals surface area (Å²) in [7, 11) is 1.61. The van der Waals surface area contributed by atoms with Crippen molar-refractivity contribution in [2.75, 3.05) is 11.9 Å². The molecule has 0 fully saturated rings. The molecule has 0 aliphatic heterocycles. The summed E-state index contributed by atoms with van der Waals surface area (Å²) in [6.07, 6.45) is 3.22. The number of carbonyl (C=O) groups is 1. The number of hydrogen-bond donors (Lipinski definition) is 0. The van der Waals surface area contributed by atoms with E-state index in [9.17, 15) is 9.59 Å². The molecule has 0 atom stereocenters. The van der Waals surface area contributed by atoms with Crippen LogP contribution in [0.3, 0.4) is 0 Å². The molecule has 23 heavy (non-hydrogen) atoms. The van der Waals surface area contributed by atoms with Crippen LogP contribution in [0, 0.1) is 0 Å². The van der Waals surface area contributed by atoms with Crippen molar-refractivity contribution in [3.8, 4) is 0 Å². The Bertz CT molecular complexity index is 934. The molecule has 7 heteroatoms. The summed E-state index contributed by atoms with van der Waals surface area (Å²) in [6.45, 7) is 2.59. The highest BCUT2D eigenvalue weighted by Gasteiger charge is 2.21. The molecule has 2 heterocycles. The first-order valence-corrected chi connectivity index (χ1v) is 8.29. The van der Waals surface area contributed by atoms with Crippen LogP contribution in [-0.2, 0) is 6.54 Å². The number of nitrogens with zero attached hydrogens (tertiary/aromatic N) is 3. The Labute approximate surface area is 141 Å². The van der Waals surface area contributed by atoms with Gasteiger partial charge in [0.05, 0.1) is 5.52 Å². The molecule has 0 unspecified atom stereocenters. The van der Waals surface area contributed by atoms with Crippen molar-refractivity contribution in [1.82, 2.24) is 9.55 Å². The van der Waals surface area contributed by atoms with Gasteiger partial charge in [-0.05, 0) is 25.1 Å². The fourth-order valence-corrected chi connectivity index (χ4v) is 3.21. The van der Waals surface area contributed by atoms with E-state index >= 15 is 0 Å². The molecule has 0 aliphatic rings. The number of carbonyl (C=O) groups excluding carboxylic acids is 1. The van der Waals surface area contributed by atoms with Gasteiger partial charge >= 0.3 is 0 Å². The van der Waals surface area contributed by atoms with Crippen molar-refractivity contribution in [1.29, 1.82) is 0 Å². The molecule has 3 rings (SSSR count). The Kier molecular flexibility index (Phi) is 4.19. The van der Waals surface area contributed by atoms with Crippen molar-refractivity contribution in [3.63, 3.8) is 0 Å². The summed E-state index contributed by atoms with van der Waals surface area (Å²) in [5.41, 5.74) is 0.551. The van der Waals surface area contributed by atoms with E-state index in [-0.39, 0.29) is 16.9 Å². The molecule has 0 bridgehead atoms. The third kappa shape index (κ3) is 2.75. The van der Waals surface area contributed by atoms with Gasteiger partial charge in [0.2, 0.25) is 5.43 Å². The topological polar surface area (TPSA) is 55.2 Å². The van der Waals surface area contributed by atoms with E-state index in [2.05, 4.69) is 4.98 Å². The molecule has 0 N–H and O–H groups in total. The molecule has 0 aliphatic carbocycles. The number of aromatic nitrogens is 2. The summed E-state index contributed by atoms with van der Waals surface area (Å²) in [4.78, 5) is 30.9. The minimum Gasteiger partial charge on any atom is -0.347 e. The number of fused-ring (bicyclic) bond motifs is 1. The van der Waals surface area contributed by atoms with E-state index in [1.54, 1.807) is 43.0 Å². The maximum absolute atomic E-state index is 12.7. The summed E-state index contributed by atoms with van der Waals surface area (Å²) in [5, 5.41) is 3.24. The molecule has 0 radical (unpaired) electrons. The fourth-order valence-electron chi connectivity index (χ4n) is 2.43. The summed E-state index contributed by atoms with van der Waals surface area (Å²) in [5.74, 6) is -0.381. The lowest BCUT2D eigenvalue weighted by Crippen LogP contribution is -2.31. The van der Waals surface area contributed by atoms with E-state index in [1.807, 2.05) is 11.5 Å². The van der Waals surface area contributed by atoms with Crippen LogP contribution in [-0.4, -0.2) is 22.5 Å². The average Bonchev–Trinajstić information content (AvgIpc) is 3.09. The van der Waals surface area contributed by atoms with Gasteiger partial charge < -0.3 is 4.57 Å². The molecule has 1 aromatic carbocycles. The van der Waals surface area contributed by atoms with E-state index in [1.165, 1.54) is 16.2 Å². The number of amides is 1. The smallest absolute Gasteiger partial charge is 0.265 e. The predicted molar refractivity (Wildman–Crippen MR) is 93.7 cm³/mol. The quantitative estimate of drug-likeness (QED) is 0.729. The molecule has 0 saturated heterocycles. The summed E-state index contributed by atoms with van der Waals surface area (Å²) < 4.78 is 1.87. The van der Waals surface area contributed by atoms with Gasteiger partial charge in [-0.15, -0.1) is 11.3 Å². The molecule has 2 aromatic heterocycles. The number of aryl methyl sites for hydroxylation is 1. The highest BCUT2D eigenvalue weighted by Crippen LogP contribution is 2.20. The van der Waals surface area contributed by atoms with E-state index in [0.29, 0.717) is 22.1 Å². The van der Waals surface area contributed by atoms with Gasteiger partial charge in [0.1, 0.15) is 5.56 Å². The second-order valence-corrected chi connectivity index (χ2v) is 6.31. The van der Waals surface area contributed by atoms with Crippen LogP contribution >= 0.6 is 22.9 Å². The van der Waals surface area contributed by atoms with E-state index in [4.69, 9.17) is 11.6 Å². The van der Waals surface area contributed by atoms with Gasteiger partial charge in [-0.1, -0.05) is 11.6 Å². The largest absolute Gasteiger partial charge is 0.347 e. The Hall–Kier alpha value is -2.18. The van der Waals surface area contributed by atoms with Gasteiger partial charge in [-0.2, -0.15) is 0 Å². The second kappa shape index (κ2) is 6.14. The second-order valence-electron chi connectivity index (χ2n) is 5.00. The SMILES string of the molecule is CCn1cc(C(=O)N(C)c2nccs2)c(=O)c2cc(Cl)ccc21. The molecular formula is C16H14ClN3O2S. The highest BCUT2D eigenvalue weighted by molar-refractivity contribution is 7.13. The van der Waals surface area contributed by atoms with Gasteiger partial charge in [0.25, 0.3) is 5.91 Å². The Balaban J connectivity index is 2.19. The van der Waals surface area contributed by atoms with E-state index < -0.39 is 0 Å². The number of benzene rings is 1. The zero-order chi connectivity index (χ0) is 16.6. The molecule has 5 nitrogen and oxygen atoms in total. The molecule has 1 amide bonds. The number of halogens is 1. The van der Waals surface area contributed by atoms with Crippen LogP contribution < -0.4 is 10.3 Å². The minimum absolute atomic E-state index is 0.110. The van der Waals surface area contributed by atoms with Crippen LogP contribution in [0.2, 0.25) is 5.02 Å². The standard InChI is InChI=1S/C16H14ClN3O2S/c1-3-20-9-12(15(22)19(2)16-18-6-7-23-16)14(21)11-8-10(17)4-5-13(11)20/h4-9H,3H2,1-2H3. The molecular weight excluding hydrogens is 334 g/mol. The molecule has 118 valence electrons. The number of thiazole rings is 1. The lowest BCUT2D eigenvalue weighted by Gasteiger charge is -2.16. The van der Waals surface area contributed by atoms with Crippen LogP contribution in [0.15, 0.2) is 40.8 Å². The first kappa shape index (κ1) is 15.7. The normalized spacial score (nSPS) is 10.9. The van der Waals surface area contributed by atoms with Crippen molar-refractivity contribution < 1.29 is 4.79 Å². The van der Waals surface area contributed by atoms with Crippen molar-refractivity contribution in [3.05, 3.63) is 56.8 Å². The third-order valence-corrected chi connectivity index (χ3v) is 4.71. The van der Waals surface area contributed by atoms with Gasteiger partial charge in [0, 0.05) is 41.8 Å². The van der Waals surface area contributed by atoms with Crippen LogP contribution in [0.5, 0.6) is 0 Å². The van der Waals surface area contributed by atoms with Crippen molar-refractivity contribution in [2.45, 2.75) is 13.5 Å². The maximum Gasteiger partial charge on any atom is 0.265 e. The first-order valence-electron chi connectivity index (χ1n) is 7.03. The van der Waals surface area contributed by atoms with Gasteiger partial charge in [-0.3, -0.25) is 14.5 Å². The van der Waals surface area contributed by atoms with Crippen LogP contribution in [0.25, 0.3) is 10.9 Å².